The average Bonchev–Trinajstić information content (AvgIpc) is 2.49. The maximum atomic E-state index is 10.1. The Labute approximate surface area is 126 Å². The van der Waals surface area contributed by atoms with Crippen molar-refractivity contribution in [1.29, 1.82) is 0 Å². The van der Waals surface area contributed by atoms with Gasteiger partial charge in [0.1, 0.15) is 5.75 Å². The largest absolute Gasteiger partial charge is 0.497 e. The molecule has 2 atom stereocenters. The molecule has 0 aromatic heterocycles. The van der Waals surface area contributed by atoms with E-state index in [1.54, 1.807) is 7.11 Å². The molecule has 21 heavy (non-hydrogen) atoms. The van der Waals surface area contributed by atoms with Crippen molar-refractivity contribution in [3.63, 3.8) is 0 Å². The standard InChI is InChI=1S/C16H25N3O2/c1-16(10-4-3-5-14(16)20)11-18-15(17)19-12-6-8-13(21-2)9-7-12/h6-9,14,20H,3-5,10-11H2,1-2H3,(H3,17,18,19). The molecule has 0 bridgehead atoms. The topological polar surface area (TPSA) is 79.9 Å². The quantitative estimate of drug-likeness (QED) is 0.587. The number of aliphatic imine (C=N–C) groups is 1. The number of rotatable bonds is 4. The Morgan fingerprint density at radius 2 is 2.14 bits per heavy atom. The molecule has 0 radical (unpaired) electrons. The van der Waals surface area contributed by atoms with Crippen molar-refractivity contribution in [1.82, 2.24) is 0 Å². The predicted octanol–water partition coefficient (Wildman–Crippen LogP) is 2.36. The first-order chi connectivity index (χ1) is 10.0. The number of guanidine groups is 1. The van der Waals surface area contributed by atoms with Gasteiger partial charge in [-0.1, -0.05) is 19.8 Å². The minimum Gasteiger partial charge on any atom is -0.497 e. The van der Waals surface area contributed by atoms with Crippen molar-refractivity contribution >= 4 is 11.6 Å². The summed E-state index contributed by atoms with van der Waals surface area (Å²) in [6.45, 7) is 2.63. The van der Waals surface area contributed by atoms with E-state index in [1.807, 2.05) is 24.3 Å². The van der Waals surface area contributed by atoms with Crippen LogP contribution in [-0.4, -0.2) is 30.8 Å². The van der Waals surface area contributed by atoms with Crippen LogP contribution in [-0.2, 0) is 0 Å². The highest BCUT2D eigenvalue weighted by molar-refractivity contribution is 5.92. The van der Waals surface area contributed by atoms with Crippen LogP contribution in [0.5, 0.6) is 5.75 Å². The number of nitrogens with two attached hydrogens (primary N) is 1. The highest BCUT2D eigenvalue weighted by atomic mass is 16.5. The molecule has 0 heterocycles. The van der Waals surface area contributed by atoms with E-state index in [0.717, 1.165) is 37.1 Å². The second-order valence-corrected chi connectivity index (χ2v) is 5.97. The molecule has 1 fully saturated rings. The molecule has 2 rings (SSSR count). The van der Waals surface area contributed by atoms with Gasteiger partial charge in [-0.25, -0.2) is 0 Å². The highest BCUT2D eigenvalue weighted by Gasteiger charge is 2.35. The normalized spacial score (nSPS) is 26.4. The monoisotopic (exact) mass is 291 g/mol. The van der Waals surface area contributed by atoms with Crippen molar-refractivity contribution in [2.75, 3.05) is 19.0 Å². The maximum absolute atomic E-state index is 10.1. The van der Waals surface area contributed by atoms with Crippen LogP contribution in [0, 0.1) is 5.41 Å². The van der Waals surface area contributed by atoms with Crippen molar-refractivity contribution in [3.8, 4) is 5.75 Å². The van der Waals surface area contributed by atoms with Gasteiger partial charge in [-0.2, -0.15) is 0 Å². The third kappa shape index (κ3) is 4.11. The first-order valence-electron chi connectivity index (χ1n) is 7.42. The van der Waals surface area contributed by atoms with Gasteiger partial charge in [-0.3, -0.25) is 4.99 Å². The lowest BCUT2D eigenvalue weighted by Gasteiger charge is -2.37. The molecule has 1 saturated carbocycles. The number of ether oxygens (including phenoxy) is 1. The van der Waals surface area contributed by atoms with Gasteiger partial charge in [-0.05, 0) is 37.1 Å². The summed E-state index contributed by atoms with van der Waals surface area (Å²) < 4.78 is 5.11. The van der Waals surface area contributed by atoms with Crippen molar-refractivity contribution in [3.05, 3.63) is 24.3 Å². The Hall–Kier alpha value is -1.75. The lowest BCUT2D eigenvalue weighted by molar-refractivity contribution is 0.00724. The minimum absolute atomic E-state index is 0.162. The summed E-state index contributed by atoms with van der Waals surface area (Å²) in [5.74, 6) is 1.17. The number of aliphatic hydroxyl groups excluding tert-OH is 1. The van der Waals surface area contributed by atoms with Gasteiger partial charge in [0.2, 0.25) is 0 Å². The smallest absolute Gasteiger partial charge is 0.193 e. The zero-order valence-corrected chi connectivity index (χ0v) is 12.8. The number of methoxy groups -OCH3 is 1. The summed E-state index contributed by atoms with van der Waals surface area (Å²) in [6.07, 6.45) is 3.81. The van der Waals surface area contributed by atoms with E-state index in [2.05, 4.69) is 17.2 Å². The van der Waals surface area contributed by atoms with E-state index in [9.17, 15) is 5.11 Å². The Morgan fingerprint density at radius 1 is 1.43 bits per heavy atom. The zero-order chi connectivity index (χ0) is 15.3. The Balaban J connectivity index is 1.94. The third-order valence-electron chi connectivity index (χ3n) is 4.25. The molecule has 0 saturated heterocycles. The minimum atomic E-state index is -0.288. The molecular weight excluding hydrogens is 266 g/mol. The molecule has 5 nitrogen and oxygen atoms in total. The molecule has 2 unspecified atom stereocenters. The molecule has 1 aromatic carbocycles. The van der Waals surface area contributed by atoms with Crippen LogP contribution >= 0.6 is 0 Å². The summed E-state index contributed by atoms with van der Waals surface area (Å²) in [7, 11) is 1.63. The molecule has 0 aliphatic heterocycles. The third-order valence-corrected chi connectivity index (χ3v) is 4.25. The molecular formula is C16H25N3O2. The molecule has 4 N–H and O–H groups in total. The van der Waals surface area contributed by atoms with Crippen LogP contribution < -0.4 is 15.8 Å². The molecule has 1 aliphatic rings. The van der Waals surface area contributed by atoms with Crippen LogP contribution in [0.4, 0.5) is 5.69 Å². The van der Waals surface area contributed by atoms with E-state index in [0.29, 0.717) is 12.5 Å². The second-order valence-electron chi connectivity index (χ2n) is 5.97. The molecule has 0 amide bonds. The van der Waals surface area contributed by atoms with Crippen LogP contribution in [0.3, 0.4) is 0 Å². The molecule has 1 aliphatic carbocycles. The maximum Gasteiger partial charge on any atom is 0.193 e. The number of hydrogen-bond acceptors (Lipinski definition) is 3. The molecule has 1 aromatic rings. The Bertz CT molecular complexity index is 487. The summed E-state index contributed by atoms with van der Waals surface area (Å²) in [4.78, 5) is 4.40. The Morgan fingerprint density at radius 3 is 2.76 bits per heavy atom. The van der Waals surface area contributed by atoms with E-state index >= 15 is 0 Å². The lowest BCUT2D eigenvalue weighted by atomic mass is 9.73. The number of nitrogens with one attached hydrogen (secondary N) is 1. The van der Waals surface area contributed by atoms with Crippen LogP contribution in [0.15, 0.2) is 29.3 Å². The summed E-state index contributed by atoms with van der Waals surface area (Å²) >= 11 is 0. The van der Waals surface area contributed by atoms with E-state index in [4.69, 9.17) is 10.5 Å². The van der Waals surface area contributed by atoms with E-state index in [-0.39, 0.29) is 11.5 Å². The number of benzene rings is 1. The first kappa shape index (κ1) is 15.6. The highest BCUT2D eigenvalue weighted by Crippen LogP contribution is 2.36. The molecule has 5 heteroatoms. The molecule has 0 spiro atoms. The van der Waals surface area contributed by atoms with Gasteiger partial charge in [0.05, 0.1) is 19.8 Å². The number of nitrogens with zero attached hydrogens (tertiary/aromatic N) is 1. The van der Waals surface area contributed by atoms with E-state index < -0.39 is 0 Å². The Kier molecular flexibility index (Phi) is 5.07. The van der Waals surface area contributed by atoms with E-state index in [1.165, 1.54) is 0 Å². The summed E-state index contributed by atoms with van der Waals surface area (Å²) in [5, 5.41) is 13.2. The second kappa shape index (κ2) is 6.80. The lowest BCUT2D eigenvalue weighted by Crippen LogP contribution is -2.39. The van der Waals surface area contributed by atoms with Gasteiger partial charge in [0.25, 0.3) is 0 Å². The van der Waals surface area contributed by atoms with Crippen molar-refractivity contribution < 1.29 is 9.84 Å². The summed E-state index contributed by atoms with van der Waals surface area (Å²) in [5.41, 5.74) is 6.63. The molecule has 116 valence electrons. The van der Waals surface area contributed by atoms with Crippen LogP contribution in [0.2, 0.25) is 0 Å². The fourth-order valence-electron chi connectivity index (χ4n) is 2.69. The predicted molar refractivity (Wildman–Crippen MR) is 85.7 cm³/mol. The van der Waals surface area contributed by atoms with Crippen molar-refractivity contribution in [2.45, 2.75) is 38.7 Å². The van der Waals surface area contributed by atoms with Crippen LogP contribution in [0.25, 0.3) is 0 Å². The zero-order valence-electron chi connectivity index (χ0n) is 12.8. The SMILES string of the molecule is COc1ccc(NC(N)=NCC2(C)CCCCC2O)cc1. The summed E-state index contributed by atoms with van der Waals surface area (Å²) in [6, 6.07) is 7.50. The fourth-order valence-corrected chi connectivity index (χ4v) is 2.69. The van der Waals surface area contributed by atoms with Crippen LogP contribution in [0.1, 0.15) is 32.6 Å². The van der Waals surface area contributed by atoms with Gasteiger partial charge in [0, 0.05) is 11.1 Å². The average molecular weight is 291 g/mol. The van der Waals surface area contributed by atoms with Gasteiger partial charge >= 0.3 is 0 Å². The number of hydrogen-bond donors (Lipinski definition) is 3. The van der Waals surface area contributed by atoms with Gasteiger partial charge in [0.15, 0.2) is 5.96 Å². The van der Waals surface area contributed by atoms with Gasteiger partial charge in [-0.15, -0.1) is 0 Å². The number of aliphatic hydroxyl groups is 1. The van der Waals surface area contributed by atoms with Gasteiger partial charge < -0.3 is 20.9 Å². The number of anilines is 1. The van der Waals surface area contributed by atoms with Crippen molar-refractivity contribution in [2.24, 2.45) is 16.1 Å². The first-order valence-corrected chi connectivity index (χ1v) is 7.42. The fraction of sp³-hybridized carbons (Fsp3) is 0.562.